The van der Waals surface area contributed by atoms with Crippen LogP contribution < -0.4 is 16.0 Å². The fourth-order valence-electron chi connectivity index (χ4n) is 2.96. The Morgan fingerprint density at radius 1 is 1.00 bits per heavy atom. The summed E-state index contributed by atoms with van der Waals surface area (Å²) >= 11 is 0. The van der Waals surface area contributed by atoms with Crippen LogP contribution in [0, 0.1) is 5.92 Å². The molecule has 0 unspecified atom stereocenters. The van der Waals surface area contributed by atoms with Crippen molar-refractivity contribution in [3.8, 4) is 0 Å². The van der Waals surface area contributed by atoms with Crippen LogP contribution in [0.15, 0.2) is 30.3 Å². The Balaban J connectivity index is 1.57. The number of nitrogens with one attached hydrogen (secondary N) is 3. The fraction of sp³-hybridized carbons (Fsp3) is 0.526. The molecule has 0 aromatic heterocycles. The lowest BCUT2D eigenvalue weighted by atomic mass is 9.86. The monoisotopic (exact) mass is 361 g/mol. The number of amides is 3. The third kappa shape index (κ3) is 7.13. The number of ether oxygens (including phenoxy) is 1. The predicted octanol–water partition coefficient (Wildman–Crippen LogP) is 1.72. The number of hydrogen-bond donors (Lipinski definition) is 3. The van der Waals surface area contributed by atoms with Gasteiger partial charge in [-0.1, -0.05) is 50.1 Å². The number of carbonyl (C=O) groups is 3. The Hall–Kier alpha value is -2.57. The molecular weight excluding hydrogens is 334 g/mol. The quantitative estimate of drug-likeness (QED) is 0.689. The maximum absolute atomic E-state index is 11.9. The van der Waals surface area contributed by atoms with Gasteiger partial charge in [0.15, 0.2) is 0 Å². The van der Waals surface area contributed by atoms with Crippen molar-refractivity contribution in [3.05, 3.63) is 35.9 Å². The molecule has 1 saturated carbocycles. The van der Waals surface area contributed by atoms with Crippen LogP contribution in [0.2, 0.25) is 0 Å². The van der Waals surface area contributed by atoms with Crippen LogP contribution in [0.25, 0.3) is 0 Å². The Labute approximate surface area is 153 Å². The first-order valence-corrected chi connectivity index (χ1v) is 9.05. The maximum atomic E-state index is 11.9. The second-order valence-electron chi connectivity index (χ2n) is 6.63. The molecule has 0 bridgehead atoms. The van der Waals surface area contributed by atoms with Gasteiger partial charge in [0.1, 0.15) is 13.2 Å². The summed E-state index contributed by atoms with van der Waals surface area (Å²) in [5, 5.41) is 7.82. The molecule has 3 N–H and O–H groups in total. The van der Waals surface area contributed by atoms with Crippen molar-refractivity contribution < 1.29 is 19.1 Å². The van der Waals surface area contributed by atoms with Crippen LogP contribution in [0.5, 0.6) is 0 Å². The van der Waals surface area contributed by atoms with Crippen LogP contribution >= 0.6 is 0 Å². The molecule has 0 radical (unpaired) electrons. The van der Waals surface area contributed by atoms with Crippen molar-refractivity contribution >= 4 is 17.9 Å². The van der Waals surface area contributed by atoms with E-state index in [2.05, 4.69) is 22.9 Å². The van der Waals surface area contributed by atoms with Gasteiger partial charge < -0.3 is 20.7 Å². The second kappa shape index (κ2) is 10.4. The molecule has 2 rings (SSSR count). The van der Waals surface area contributed by atoms with E-state index in [1.807, 2.05) is 30.3 Å². The Morgan fingerprint density at radius 3 is 2.42 bits per heavy atom. The normalized spacial score (nSPS) is 19.3. The van der Waals surface area contributed by atoms with Gasteiger partial charge in [-0.3, -0.25) is 9.59 Å². The molecule has 1 aromatic carbocycles. The molecule has 7 nitrogen and oxygen atoms in total. The lowest BCUT2D eigenvalue weighted by molar-refractivity contribution is -0.126. The summed E-state index contributed by atoms with van der Waals surface area (Å²) in [7, 11) is 0. The molecule has 0 heterocycles. The first-order chi connectivity index (χ1) is 12.5. The Bertz CT molecular complexity index is 606. The van der Waals surface area contributed by atoms with Crippen LogP contribution in [0.4, 0.5) is 4.79 Å². The molecule has 2 atom stereocenters. The lowest BCUT2D eigenvalue weighted by Gasteiger charge is -2.29. The Morgan fingerprint density at radius 2 is 1.69 bits per heavy atom. The van der Waals surface area contributed by atoms with E-state index < -0.39 is 12.0 Å². The lowest BCUT2D eigenvalue weighted by Crippen LogP contribution is -2.47. The maximum Gasteiger partial charge on any atom is 0.407 e. The minimum atomic E-state index is -0.676. The van der Waals surface area contributed by atoms with E-state index in [9.17, 15) is 14.4 Å². The van der Waals surface area contributed by atoms with E-state index in [-0.39, 0.29) is 31.6 Å². The number of hydrogen-bond acceptors (Lipinski definition) is 4. The third-order valence-corrected chi connectivity index (χ3v) is 4.51. The van der Waals surface area contributed by atoms with Gasteiger partial charge >= 0.3 is 6.09 Å². The van der Waals surface area contributed by atoms with Gasteiger partial charge in [0, 0.05) is 6.04 Å². The van der Waals surface area contributed by atoms with Gasteiger partial charge in [-0.25, -0.2) is 4.79 Å². The summed E-state index contributed by atoms with van der Waals surface area (Å²) < 4.78 is 5.01. The van der Waals surface area contributed by atoms with Crippen LogP contribution in [-0.4, -0.2) is 37.0 Å². The molecule has 1 aliphatic rings. The van der Waals surface area contributed by atoms with Gasteiger partial charge in [-0.15, -0.1) is 0 Å². The van der Waals surface area contributed by atoms with Crippen LogP contribution in [-0.2, 0) is 20.9 Å². The molecule has 26 heavy (non-hydrogen) atoms. The SMILES string of the molecule is C[C@@H]1CCCC[C@H]1NC(=O)CNC(=O)CNC(=O)OCc1ccccc1. The summed E-state index contributed by atoms with van der Waals surface area (Å²) in [4.78, 5) is 35.2. The highest BCUT2D eigenvalue weighted by molar-refractivity contribution is 5.87. The van der Waals surface area contributed by atoms with Gasteiger partial charge in [0.25, 0.3) is 0 Å². The molecule has 0 saturated heterocycles. The zero-order valence-corrected chi connectivity index (χ0v) is 15.1. The number of benzene rings is 1. The topological polar surface area (TPSA) is 96.5 Å². The van der Waals surface area contributed by atoms with Gasteiger partial charge in [0.05, 0.1) is 6.54 Å². The number of carbonyl (C=O) groups excluding carboxylic acids is 3. The van der Waals surface area contributed by atoms with Crippen molar-refractivity contribution in [2.75, 3.05) is 13.1 Å². The standard InChI is InChI=1S/C19H27N3O4/c1-14-7-5-6-10-16(14)22-18(24)12-20-17(23)11-21-19(25)26-13-15-8-3-2-4-9-15/h2-4,8-9,14,16H,5-7,10-13H2,1H3,(H,20,23)(H,21,25)(H,22,24)/t14-,16-/m1/s1. The van der Waals surface area contributed by atoms with Crippen LogP contribution in [0.3, 0.4) is 0 Å². The highest BCUT2D eigenvalue weighted by atomic mass is 16.5. The van der Waals surface area contributed by atoms with E-state index in [0.29, 0.717) is 5.92 Å². The van der Waals surface area contributed by atoms with Crippen molar-refractivity contribution in [1.82, 2.24) is 16.0 Å². The molecule has 3 amide bonds. The molecule has 0 spiro atoms. The molecule has 1 aromatic rings. The van der Waals surface area contributed by atoms with Crippen molar-refractivity contribution in [2.24, 2.45) is 5.92 Å². The second-order valence-corrected chi connectivity index (χ2v) is 6.63. The van der Waals surface area contributed by atoms with Crippen LogP contribution in [0.1, 0.15) is 38.2 Å². The first kappa shape index (κ1) is 19.8. The van der Waals surface area contributed by atoms with Gasteiger partial charge in [-0.05, 0) is 24.3 Å². The van der Waals surface area contributed by atoms with E-state index in [1.54, 1.807) is 0 Å². The van der Waals surface area contributed by atoms with Crippen molar-refractivity contribution in [2.45, 2.75) is 45.3 Å². The minimum Gasteiger partial charge on any atom is -0.445 e. The van der Waals surface area contributed by atoms with E-state index in [0.717, 1.165) is 24.8 Å². The molecular formula is C19H27N3O4. The summed E-state index contributed by atoms with van der Waals surface area (Å²) in [6, 6.07) is 9.43. The summed E-state index contributed by atoms with van der Waals surface area (Å²) in [5.74, 6) is -0.179. The van der Waals surface area contributed by atoms with Crippen molar-refractivity contribution in [1.29, 1.82) is 0 Å². The summed E-state index contributed by atoms with van der Waals surface area (Å²) in [6.45, 7) is 1.94. The molecule has 142 valence electrons. The highest BCUT2D eigenvalue weighted by Gasteiger charge is 2.22. The first-order valence-electron chi connectivity index (χ1n) is 9.05. The smallest absolute Gasteiger partial charge is 0.407 e. The fourth-order valence-corrected chi connectivity index (χ4v) is 2.96. The predicted molar refractivity (Wildman–Crippen MR) is 97.2 cm³/mol. The molecule has 0 aliphatic heterocycles. The van der Waals surface area contributed by atoms with Gasteiger partial charge in [-0.2, -0.15) is 0 Å². The summed E-state index contributed by atoms with van der Waals surface area (Å²) in [5.41, 5.74) is 0.862. The highest BCUT2D eigenvalue weighted by Crippen LogP contribution is 2.23. The number of rotatable bonds is 7. The summed E-state index contributed by atoms with van der Waals surface area (Å²) in [6.07, 6.45) is 3.75. The van der Waals surface area contributed by atoms with E-state index >= 15 is 0 Å². The number of alkyl carbamates (subject to hydrolysis) is 1. The minimum absolute atomic E-state index is 0.0944. The third-order valence-electron chi connectivity index (χ3n) is 4.51. The average Bonchev–Trinajstić information content (AvgIpc) is 2.65. The largest absolute Gasteiger partial charge is 0.445 e. The molecule has 1 fully saturated rings. The van der Waals surface area contributed by atoms with E-state index in [1.165, 1.54) is 6.42 Å². The van der Waals surface area contributed by atoms with E-state index in [4.69, 9.17) is 4.74 Å². The molecule has 1 aliphatic carbocycles. The zero-order valence-electron chi connectivity index (χ0n) is 15.1. The zero-order chi connectivity index (χ0) is 18.8. The van der Waals surface area contributed by atoms with Crippen molar-refractivity contribution in [3.63, 3.8) is 0 Å². The average molecular weight is 361 g/mol. The Kier molecular flexibility index (Phi) is 7.92. The molecule has 7 heteroatoms. The van der Waals surface area contributed by atoms with Gasteiger partial charge in [0.2, 0.25) is 11.8 Å².